The van der Waals surface area contributed by atoms with Crippen molar-refractivity contribution in [1.82, 2.24) is 9.13 Å². The lowest BCUT2D eigenvalue weighted by molar-refractivity contribution is -0.387. The molecule has 0 unspecified atom stereocenters. The molecule has 7 nitrogen and oxygen atoms in total. The zero-order valence-corrected chi connectivity index (χ0v) is 12.8. The Bertz CT molecular complexity index is 908. The standard InChI is InChI=1S/C14H13N3O4S/c1-15-10-6-12(17(19)20)13(7-11(10)16(2)14(15)18)22-8-9-4-3-5-21-9/h3-7H,8H2,1-2H3. The fourth-order valence-corrected chi connectivity index (χ4v) is 3.26. The number of hydrogen-bond acceptors (Lipinski definition) is 5. The summed E-state index contributed by atoms with van der Waals surface area (Å²) in [6.07, 6.45) is 1.56. The Balaban J connectivity index is 2.10. The number of nitrogens with zero attached hydrogens (tertiary/aromatic N) is 3. The van der Waals surface area contributed by atoms with E-state index in [1.807, 2.05) is 6.07 Å². The van der Waals surface area contributed by atoms with Crippen LogP contribution in [-0.2, 0) is 19.8 Å². The summed E-state index contributed by atoms with van der Waals surface area (Å²) in [5, 5.41) is 11.3. The molecule has 3 rings (SSSR count). The van der Waals surface area contributed by atoms with Gasteiger partial charge < -0.3 is 4.42 Å². The molecule has 1 aromatic carbocycles. The maximum atomic E-state index is 12.0. The molecular formula is C14H13N3O4S. The predicted octanol–water partition coefficient (Wildman–Crippen LogP) is 2.67. The van der Waals surface area contributed by atoms with Crippen molar-refractivity contribution in [2.75, 3.05) is 0 Å². The SMILES string of the molecule is Cn1c(=O)n(C)c2cc([N+](=O)[O-])c(SCc3ccco3)cc21. The number of furan rings is 1. The largest absolute Gasteiger partial charge is 0.468 e. The van der Waals surface area contributed by atoms with Crippen LogP contribution in [0.1, 0.15) is 5.76 Å². The van der Waals surface area contributed by atoms with E-state index >= 15 is 0 Å². The van der Waals surface area contributed by atoms with Crippen molar-refractivity contribution in [3.63, 3.8) is 0 Å². The van der Waals surface area contributed by atoms with Crippen molar-refractivity contribution in [2.24, 2.45) is 14.1 Å². The normalized spacial score (nSPS) is 11.2. The zero-order valence-electron chi connectivity index (χ0n) is 12.0. The molecule has 2 aromatic heterocycles. The molecule has 2 heterocycles. The minimum absolute atomic E-state index is 0.00902. The molecule has 0 saturated carbocycles. The minimum Gasteiger partial charge on any atom is -0.468 e. The first-order valence-electron chi connectivity index (χ1n) is 6.48. The lowest BCUT2D eigenvalue weighted by Crippen LogP contribution is -2.19. The van der Waals surface area contributed by atoms with Crippen LogP contribution >= 0.6 is 11.8 Å². The second-order valence-electron chi connectivity index (χ2n) is 4.83. The molecule has 0 N–H and O–H groups in total. The van der Waals surface area contributed by atoms with Gasteiger partial charge in [-0.3, -0.25) is 19.2 Å². The molecule has 0 fully saturated rings. The van der Waals surface area contributed by atoms with Crippen LogP contribution < -0.4 is 5.69 Å². The van der Waals surface area contributed by atoms with Gasteiger partial charge in [0.15, 0.2) is 0 Å². The lowest BCUT2D eigenvalue weighted by atomic mass is 10.2. The highest BCUT2D eigenvalue weighted by molar-refractivity contribution is 7.98. The van der Waals surface area contributed by atoms with E-state index in [1.165, 1.54) is 27.0 Å². The summed E-state index contributed by atoms with van der Waals surface area (Å²) < 4.78 is 8.13. The average molecular weight is 319 g/mol. The molecule has 0 spiro atoms. The fourth-order valence-electron chi connectivity index (χ4n) is 2.32. The number of nitro benzene ring substituents is 1. The van der Waals surface area contributed by atoms with Gasteiger partial charge in [0.1, 0.15) is 5.76 Å². The van der Waals surface area contributed by atoms with Crippen molar-refractivity contribution in [3.05, 3.63) is 56.9 Å². The maximum absolute atomic E-state index is 12.0. The minimum atomic E-state index is -0.429. The number of rotatable bonds is 4. The summed E-state index contributed by atoms with van der Waals surface area (Å²) in [4.78, 5) is 23.3. The zero-order chi connectivity index (χ0) is 15.9. The molecule has 0 radical (unpaired) electrons. The van der Waals surface area contributed by atoms with E-state index in [1.54, 1.807) is 32.5 Å². The molecule has 3 aromatic rings. The van der Waals surface area contributed by atoms with Crippen molar-refractivity contribution in [2.45, 2.75) is 10.6 Å². The summed E-state index contributed by atoms with van der Waals surface area (Å²) in [5.74, 6) is 1.22. The van der Waals surface area contributed by atoms with Gasteiger partial charge in [0.2, 0.25) is 0 Å². The van der Waals surface area contributed by atoms with Crippen LogP contribution in [0.5, 0.6) is 0 Å². The molecular weight excluding hydrogens is 306 g/mol. The molecule has 8 heteroatoms. The van der Waals surface area contributed by atoms with Gasteiger partial charge in [-0.15, -0.1) is 11.8 Å². The fraction of sp³-hybridized carbons (Fsp3) is 0.214. The van der Waals surface area contributed by atoms with Crippen LogP contribution in [0.2, 0.25) is 0 Å². The Hall–Kier alpha value is -2.48. The van der Waals surface area contributed by atoms with E-state index in [2.05, 4.69) is 0 Å². The number of imidazole rings is 1. The quantitative estimate of drug-likeness (QED) is 0.419. The van der Waals surface area contributed by atoms with Gasteiger partial charge in [0.25, 0.3) is 5.69 Å². The van der Waals surface area contributed by atoms with Gasteiger partial charge in [0.05, 0.1) is 32.9 Å². The van der Waals surface area contributed by atoms with Gasteiger partial charge in [-0.2, -0.15) is 0 Å². The predicted molar refractivity (Wildman–Crippen MR) is 83.1 cm³/mol. The summed E-state index contributed by atoms with van der Waals surface area (Å²) in [6, 6.07) is 6.72. The molecule has 0 aliphatic heterocycles. The van der Waals surface area contributed by atoms with Crippen LogP contribution in [0.25, 0.3) is 11.0 Å². The smallest absolute Gasteiger partial charge is 0.328 e. The third-order valence-electron chi connectivity index (χ3n) is 3.50. The van der Waals surface area contributed by atoms with Crippen molar-refractivity contribution >= 4 is 28.5 Å². The van der Waals surface area contributed by atoms with Crippen molar-refractivity contribution < 1.29 is 9.34 Å². The molecule has 0 aliphatic rings. The summed E-state index contributed by atoms with van der Waals surface area (Å²) in [6.45, 7) is 0. The summed E-state index contributed by atoms with van der Waals surface area (Å²) >= 11 is 1.31. The lowest BCUT2D eigenvalue weighted by Gasteiger charge is -2.04. The Morgan fingerprint density at radius 3 is 2.55 bits per heavy atom. The van der Waals surface area contributed by atoms with Gasteiger partial charge in [-0.1, -0.05) is 0 Å². The number of benzene rings is 1. The van der Waals surface area contributed by atoms with Gasteiger partial charge >= 0.3 is 5.69 Å². The number of thioether (sulfide) groups is 1. The van der Waals surface area contributed by atoms with Crippen LogP contribution in [-0.4, -0.2) is 14.1 Å². The Labute approximate surface area is 129 Å². The maximum Gasteiger partial charge on any atom is 0.328 e. The van der Waals surface area contributed by atoms with Gasteiger partial charge in [-0.25, -0.2) is 4.79 Å². The van der Waals surface area contributed by atoms with Crippen molar-refractivity contribution in [1.29, 1.82) is 0 Å². The van der Waals surface area contributed by atoms with E-state index < -0.39 is 4.92 Å². The summed E-state index contributed by atoms with van der Waals surface area (Å²) in [5.41, 5.74) is 0.990. The molecule has 0 saturated heterocycles. The van der Waals surface area contributed by atoms with Crippen LogP contribution in [0.4, 0.5) is 5.69 Å². The number of fused-ring (bicyclic) bond motifs is 1. The topological polar surface area (TPSA) is 83.2 Å². The Morgan fingerprint density at radius 2 is 1.95 bits per heavy atom. The van der Waals surface area contributed by atoms with E-state index in [4.69, 9.17) is 4.42 Å². The number of aryl methyl sites for hydroxylation is 2. The van der Waals surface area contributed by atoms with E-state index in [0.29, 0.717) is 21.7 Å². The molecule has 22 heavy (non-hydrogen) atoms. The third-order valence-corrected chi connectivity index (χ3v) is 4.57. The summed E-state index contributed by atoms with van der Waals surface area (Å²) in [7, 11) is 3.25. The van der Waals surface area contributed by atoms with Gasteiger partial charge in [0, 0.05) is 20.2 Å². The first-order valence-corrected chi connectivity index (χ1v) is 7.46. The number of nitro groups is 1. The van der Waals surface area contributed by atoms with E-state index in [0.717, 1.165) is 5.76 Å². The highest BCUT2D eigenvalue weighted by atomic mass is 32.2. The molecule has 0 amide bonds. The Morgan fingerprint density at radius 1 is 1.27 bits per heavy atom. The first kappa shape index (κ1) is 14.5. The number of hydrogen-bond donors (Lipinski definition) is 0. The molecule has 114 valence electrons. The van der Waals surface area contributed by atoms with Crippen LogP contribution in [0.15, 0.2) is 44.6 Å². The number of aromatic nitrogens is 2. The first-order chi connectivity index (χ1) is 10.5. The second kappa shape index (κ2) is 5.38. The second-order valence-corrected chi connectivity index (χ2v) is 5.85. The highest BCUT2D eigenvalue weighted by Crippen LogP contribution is 2.34. The highest BCUT2D eigenvalue weighted by Gasteiger charge is 2.20. The monoisotopic (exact) mass is 319 g/mol. The van der Waals surface area contributed by atoms with Crippen LogP contribution in [0, 0.1) is 10.1 Å². The molecule has 0 atom stereocenters. The third kappa shape index (κ3) is 2.31. The van der Waals surface area contributed by atoms with Crippen LogP contribution in [0.3, 0.4) is 0 Å². The Kier molecular flexibility index (Phi) is 3.53. The van der Waals surface area contributed by atoms with E-state index in [-0.39, 0.29) is 11.4 Å². The van der Waals surface area contributed by atoms with E-state index in [9.17, 15) is 14.9 Å². The average Bonchev–Trinajstić information content (AvgIpc) is 3.09. The van der Waals surface area contributed by atoms with Gasteiger partial charge in [-0.05, 0) is 18.2 Å². The van der Waals surface area contributed by atoms with Crippen molar-refractivity contribution in [3.8, 4) is 0 Å². The molecule has 0 aliphatic carbocycles. The molecule has 0 bridgehead atoms.